The lowest BCUT2D eigenvalue weighted by Crippen LogP contribution is -2.10. The van der Waals surface area contributed by atoms with Crippen molar-refractivity contribution in [3.8, 4) is 119 Å². The van der Waals surface area contributed by atoms with Gasteiger partial charge >= 0.3 is 6.18 Å². The van der Waals surface area contributed by atoms with Gasteiger partial charge in [-0.3, -0.25) is 0 Å². The molecule has 0 aliphatic rings. The first-order chi connectivity index (χ1) is 45.6. The largest absolute Gasteiger partial charge is 0.417 e. The molecule has 0 aliphatic carbocycles. The second-order valence-corrected chi connectivity index (χ2v) is 23.2. The lowest BCUT2D eigenvalue weighted by atomic mass is 9.92. The van der Waals surface area contributed by atoms with E-state index < -0.39 is 11.7 Å². The molecule has 93 heavy (non-hydrogen) atoms. The molecule has 0 fully saturated rings. The molecule has 16 rings (SSSR count). The summed E-state index contributed by atoms with van der Waals surface area (Å²) < 4.78 is 51.9. The third-order valence-electron chi connectivity index (χ3n) is 17.5. The van der Waals surface area contributed by atoms with Crippen molar-refractivity contribution in [3.05, 3.63) is 314 Å². The molecule has 16 aromatic rings. The second-order valence-electron chi connectivity index (χ2n) is 23.2. The summed E-state index contributed by atoms with van der Waals surface area (Å²) >= 11 is 0. The van der Waals surface area contributed by atoms with Crippen LogP contribution in [0.1, 0.15) is 16.7 Å². The Morgan fingerprint density at radius 2 is 0.581 bits per heavy atom. The highest BCUT2D eigenvalue weighted by atomic mass is 19.4. The highest BCUT2D eigenvalue weighted by Crippen LogP contribution is 2.46. The zero-order chi connectivity index (χ0) is 62.7. The van der Waals surface area contributed by atoms with Crippen LogP contribution in [0.4, 0.5) is 13.2 Å². The molecular weight excluding hydrogens is 1150 g/mol. The summed E-state index contributed by atoms with van der Waals surface area (Å²) in [6.45, 7) is 1.71. The lowest BCUT2D eigenvalue weighted by Gasteiger charge is -2.21. The Balaban J connectivity index is 1.02. The van der Waals surface area contributed by atoms with Crippen molar-refractivity contribution in [1.82, 2.24) is 29.1 Å². The average Bonchev–Trinajstić information content (AvgIpc) is 1.61. The average molecular weight is 1200 g/mol. The fraction of sp³-hybridized carbons (Fsp3) is 0.0241. The second kappa shape index (κ2) is 22.9. The van der Waals surface area contributed by atoms with Gasteiger partial charge in [0, 0.05) is 66.1 Å². The first kappa shape index (κ1) is 56.0. The number of aromatic nitrogens is 6. The monoisotopic (exact) mass is 1200 g/mol. The molecule has 7 nitrogen and oxygen atoms in total. The van der Waals surface area contributed by atoms with Crippen LogP contribution in [-0.2, 0) is 6.18 Å². The van der Waals surface area contributed by atoms with Crippen LogP contribution < -0.4 is 0 Å². The Kier molecular flexibility index (Phi) is 13.8. The van der Waals surface area contributed by atoms with Crippen molar-refractivity contribution < 1.29 is 13.2 Å². The molecule has 0 amide bonds. The molecule has 0 saturated heterocycles. The van der Waals surface area contributed by atoms with Gasteiger partial charge in [-0.1, -0.05) is 206 Å². The van der Waals surface area contributed by atoms with Gasteiger partial charge < -0.3 is 9.13 Å². The Morgan fingerprint density at radius 3 is 0.860 bits per heavy atom. The molecule has 0 N–H and O–H groups in total. The molecule has 0 aliphatic heterocycles. The summed E-state index contributed by atoms with van der Waals surface area (Å²) in [4.78, 5) is 20.8. The molecule has 6 aromatic heterocycles. The van der Waals surface area contributed by atoms with E-state index in [4.69, 9.17) is 19.9 Å². The number of hydrogen-bond acceptors (Lipinski definition) is 5. The van der Waals surface area contributed by atoms with Crippen molar-refractivity contribution in [3.63, 3.8) is 0 Å². The van der Waals surface area contributed by atoms with Gasteiger partial charge in [0.2, 0.25) is 0 Å². The molecule has 0 spiro atoms. The highest BCUT2D eigenvalue weighted by Gasteiger charge is 2.35. The van der Waals surface area contributed by atoms with E-state index in [0.717, 1.165) is 94.9 Å². The zero-order valence-corrected chi connectivity index (χ0v) is 50.1. The van der Waals surface area contributed by atoms with E-state index in [-0.39, 0.29) is 16.7 Å². The number of hydrogen-bond donors (Lipinski definition) is 0. The minimum absolute atomic E-state index is 0.00557. The zero-order valence-electron chi connectivity index (χ0n) is 50.1. The molecule has 0 radical (unpaired) electrons. The number of benzene rings is 10. The maximum absolute atomic E-state index is 15.9. The van der Waals surface area contributed by atoms with Gasteiger partial charge in [0.05, 0.1) is 84.6 Å². The van der Waals surface area contributed by atoms with Gasteiger partial charge in [-0.15, -0.1) is 0 Å². The molecule has 0 atom stereocenters. The topological polar surface area (TPSA) is 85.2 Å². The van der Waals surface area contributed by atoms with Crippen molar-refractivity contribution in [2.45, 2.75) is 13.1 Å². The van der Waals surface area contributed by atoms with Crippen molar-refractivity contribution in [1.29, 1.82) is 5.26 Å². The van der Waals surface area contributed by atoms with Crippen molar-refractivity contribution in [2.24, 2.45) is 0 Å². The molecule has 0 unspecified atom stereocenters. The highest BCUT2D eigenvalue weighted by molar-refractivity contribution is 6.13. The number of fused-ring (bicyclic) bond motifs is 6. The van der Waals surface area contributed by atoms with E-state index >= 15 is 13.2 Å². The van der Waals surface area contributed by atoms with Crippen molar-refractivity contribution in [2.75, 3.05) is 0 Å². The number of aryl methyl sites for hydroxylation is 1. The number of halogens is 3. The van der Waals surface area contributed by atoms with Crippen LogP contribution >= 0.6 is 0 Å². The third kappa shape index (κ3) is 10.1. The summed E-state index contributed by atoms with van der Waals surface area (Å²) in [5.41, 5.74) is 16.7. The van der Waals surface area contributed by atoms with Gasteiger partial charge in [-0.25, -0.2) is 19.9 Å². The van der Waals surface area contributed by atoms with Crippen LogP contribution in [0.2, 0.25) is 0 Å². The number of nitriles is 1. The molecule has 440 valence electrons. The number of pyridine rings is 4. The molecule has 10 heteroatoms. The standard InChI is InChI=1S/C83H52F3N7/c1-52-19-14-28-67(83(84,85)86)82(52)61-49-80(92-76-45-57(72-33-15-29-68(88-72)53-20-6-2-7-21-53)37-41-62(76)63-42-38-58(46-77(63)92)73-34-16-30-69(89-73)54-22-8-3-9-23-54)66(51-87)81(50-61)93-78-47-59(74-35-17-31-70(90-74)55-24-10-4-11-25-55)39-43-64(78)65-44-40-60(48-79(65)93)75-36-18-32-71(91-75)56-26-12-5-13-27-56/h2-50H,1H3. The van der Waals surface area contributed by atoms with E-state index in [2.05, 4.69) is 88.0 Å². The first-order valence-electron chi connectivity index (χ1n) is 30.6. The van der Waals surface area contributed by atoms with Crippen molar-refractivity contribution >= 4 is 43.6 Å². The Bertz CT molecular complexity index is 5050. The van der Waals surface area contributed by atoms with E-state index in [0.29, 0.717) is 61.8 Å². The van der Waals surface area contributed by atoms with E-state index in [9.17, 15) is 5.26 Å². The van der Waals surface area contributed by atoms with Crippen LogP contribution in [0, 0.1) is 18.3 Å². The van der Waals surface area contributed by atoms with Crippen LogP contribution in [0.5, 0.6) is 0 Å². The maximum Gasteiger partial charge on any atom is 0.417 e. The van der Waals surface area contributed by atoms with Crippen LogP contribution in [0.3, 0.4) is 0 Å². The Labute approximate surface area is 533 Å². The van der Waals surface area contributed by atoms with Crippen LogP contribution in [0.25, 0.3) is 156 Å². The predicted molar refractivity (Wildman–Crippen MR) is 370 cm³/mol. The Morgan fingerprint density at radius 1 is 0.301 bits per heavy atom. The van der Waals surface area contributed by atoms with E-state index in [1.165, 1.54) is 6.07 Å². The van der Waals surface area contributed by atoms with Gasteiger partial charge in [0.15, 0.2) is 0 Å². The summed E-state index contributed by atoms with van der Waals surface area (Å²) in [6, 6.07) is 99.2. The normalized spacial score (nSPS) is 11.6. The summed E-state index contributed by atoms with van der Waals surface area (Å²) in [5.74, 6) is 0. The minimum Gasteiger partial charge on any atom is -0.308 e. The maximum atomic E-state index is 15.9. The van der Waals surface area contributed by atoms with Gasteiger partial charge in [0.25, 0.3) is 0 Å². The quantitative estimate of drug-likeness (QED) is 0.129. The Hall–Kier alpha value is -12.3. The molecule has 10 aromatic carbocycles. The van der Waals surface area contributed by atoms with Gasteiger partial charge in [-0.2, -0.15) is 18.4 Å². The number of nitrogens with zero attached hydrogens (tertiary/aromatic N) is 7. The fourth-order valence-corrected chi connectivity index (χ4v) is 13.2. The van der Waals surface area contributed by atoms with E-state index in [1.54, 1.807) is 25.1 Å². The summed E-state index contributed by atoms with van der Waals surface area (Å²) in [5, 5.41) is 15.8. The molecule has 0 saturated carbocycles. The summed E-state index contributed by atoms with van der Waals surface area (Å²) in [6.07, 6.45) is -4.76. The third-order valence-corrected chi connectivity index (χ3v) is 17.5. The van der Waals surface area contributed by atoms with Gasteiger partial charge in [0.1, 0.15) is 11.6 Å². The molecule has 6 heterocycles. The lowest BCUT2D eigenvalue weighted by molar-refractivity contribution is -0.137. The smallest absolute Gasteiger partial charge is 0.308 e. The predicted octanol–water partition coefficient (Wildman–Crippen LogP) is 21.7. The first-order valence-corrected chi connectivity index (χ1v) is 30.6. The summed E-state index contributed by atoms with van der Waals surface area (Å²) in [7, 11) is 0. The van der Waals surface area contributed by atoms with E-state index in [1.807, 2.05) is 194 Å². The molecule has 0 bridgehead atoms. The fourth-order valence-electron chi connectivity index (χ4n) is 13.2. The molecular formula is C83H52F3N7. The number of rotatable bonds is 11. The van der Waals surface area contributed by atoms with Gasteiger partial charge in [-0.05, 0) is 115 Å². The number of alkyl halides is 3. The SMILES string of the molecule is Cc1cccc(C(F)(F)F)c1-c1cc(-n2c3cc(-c4cccc(-c5ccccc5)n4)ccc3c3ccc(-c4cccc(-c5ccccc5)n4)cc32)c(C#N)c(-n2c3cc(-c4cccc(-c5ccccc5)n4)ccc3c3ccc(-c4cccc(-c5ccccc5)n4)cc32)c1. The van der Waals surface area contributed by atoms with Crippen LogP contribution in [0.15, 0.2) is 297 Å². The van der Waals surface area contributed by atoms with Crippen LogP contribution in [-0.4, -0.2) is 29.1 Å². The minimum atomic E-state index is -4.76.